The van der Waals surface area contributed by atoms with Gasteiger partial charge in [-0.1, -0.05) is 13.3 Å². The highest BCUT2D eigenvalue weighted by atomic mass is 16.2. The van der Waals surface area contributed by atoms with Crippen LogP contribution in [0.3, 0.4) is 0 Å². The molecule has 1 aromatic heterocycles. The summed E-state index contributed by atoms with van der Waals surface area (Å²) in [6.07, 6.45) is 2.02. The maximum absolute atomic E-state index is 11.8. The topological polar surface area (TPSA) is 73.1 Å². The van der Waals surface area contributed by atoms with Crippen LogP contribution in [0.1, 0.15) is 19.0 Å². The van der Waals surface area contributed by atoms with E-state index in [0.717, 1.165) is 44.7 Å². The van der Waals surface area contributed by atoms with Crippen molar-refractivity contribution in [3.05, 3.63) is 11.8 Å². The molecule has 0 spiro atoms. The number of carbonyl (C=O) groups is 1. The van der Waals surface area contributed by atoms with E-state index in [0.29, 0.717) is 12.4 Å². The molecular formula is C12H21N5O. The number of H-pyrrole nitrogens is 1. The van der Waals surface area contributed by atoms with Crippen LogP contribution >= 0.6 is 0 Å². The molecule has 0 atom stereocenters. The third-order valence-electron chi connectivity index (χ3n) is 2.99. The van der Waals surface area contributed by atoms with Gasteiger partial charge in [0.15, 0.2) is 5.82 Å². The molecule has 1 aliphatic heterocycles. The van der Waals surface area contributed by atoms with Crippen molar-refractivity contribution in [3.63, 3.8) is 0 Å². The molecule has 0 radical (unpaired) electrons. The molecular weight excluding hydrogens is 230 g/mol. The Morgan fingerprint density at radius 2 is 2.28 bits per heavy atom. The molecule has 2 rings (SSSR count). The van der Waals surface area contributed by atoms with Gasteiger partial charge in [-0.15, -0.1) is 0 Å². The SMILES string of the molecule is CCCc1cc(NC(=O)CN2CCNCC2)n[nH]1. The van der Waals surface area contributed by atoms with Crippen molar-refractivity contribution in [2.24, 2.45) is 0 Å². The van der Waals surface area contributed by atoms with E-state index in [4.69, 9.17) is 0 Å². The van der Waals surface area contributed by atoms with E-state index in [2.05, 4.69) is 32.7 Å². The average molecular weight is 251 g/mol. The first-order valence-corrected chi connectivity index (χ1v) is 6.55. The number of anilines is 1. The number of rotatable bonds is 5. The number of piperazine rings is 1. The van der Waals surface area contributed by atoms with Crippen molar-refractivity contribution in [2.45, 2.75) is 19.8 Å². The van der Waals surface area contributed by atoms with E-state index in [1.807, 2.05) is 6.07 Å². The lowest BCUT2D eigenvalue weighted by atomic mass is 10.2. The number of aromatic amines is 1. The number of nitrogens with one attached hydrogen (secondary N) is 3. The van der Waals surface area contributed by atoms with E-state index in [1.165, 1.54) is 0 Å². The van der Waals surface area contributed by atoms with Crippen LogP contribution in [0, 0.1) is 0 Å². The predicted molar refractivity (Wildman–Crippen MR) is 70.5 cm³/mol. The van der Waals surface area contributed by atoms with Crippen molar-refractivity contribution in [1.29, 1.82) is 0 Å². The van der Waals surface area contributed by atoms with Gasteiger partial charge >= 0.3 is 0 Å². The summed E-state index contributed by atoms with van der Waals surface area (Å²) in [5, 5.41) is 13.1. The molecule has 1 amide bonds. The van der Waals surface area contributed by atoms with Crippen molar-refractivity contribution in [2.75, 3.05) is 38.0 Å². The summed E-state index contributed by atoms with van der Waals surface area (Å²) < 4.78 is 0. The molecule has 3 N–H and O–H groups in total. The monoisotopic (exact) mass is 251 g/mol. The quantitative estimate of drug-likeness (QED) is 0.699. The molecule has 2 heterocycles. The summed E-state index contributed by atoms with van der Waals surface area (Å²) in [6, 6.07) is 1.90. The Kier molecular flexibility index (Phi) is 4.72. The van der Waals surface area contributed by atoms with Gasteiger partial charge in [0.05, 0.1) is 6.54 Å². The van der Waals surface area contributed by atoms with E-state index < -0.39 is 0 Å². The van der Waals surface area contributed by atoms with Gasteiger partial charge in [-0.05, 0) is 6.42 Å². The fourth-order valence-corrected chi connectivity index (χ4v) is 2.08. The number of amides is 1. The molecule has 1 saturated heterocycles. The highest BCUT2D eigenvalue weighted by Crippen LogP contribution is 2.07. The molecule has 0 aliphatic carbocycles. The zero-order chi connectivity index (χ0) is 12.8. The van der Waals surface area contributed by atoms with Gasteiger partial charge in [0, 0.05) is 37.9 Å². The van der Waals surface area contributed by atoms with Crippen LogP contribution in [0.25, 0.3) is 0 Å². The van der Waals surface area contributed by atoms with Crippen molar-refractivity contribution < 1.29 is 4.79 Å². The number of nitrogens with zero attached hydrogens (tertiary/aromatic N) is 2. The zero-order valence-electron chi connectivity index (χ0n) is 10.8. The van der Waals surface area contributed by atoms with Gasteiger partial charge in [0.25, 0.3) is 0 Å². The Morgan fingerprint density at radius 3 is 3.00 bits per heavy atom. The molecule has 1 aromatic rings. The number of carbonyl (C=O) groups excluding carboxylic acids is 1. The fourth-order valence-electron chi connectivity index (χ4n) is 2.08. The molecule has 1 fully saturated rings. The van der Waals surface area contributed by atoms with E-state index in [9.17, 15) is 4.79 Å². The first kappa shape index (κ1) is 13.0. The Morgan fingerprint density at radius 1 is 1.50 bits per heavy atom. The largest absolute Gasteiger partial charge is 0.314 e. The first-order valence-electron chi connectivity index (χ1n) is 6.55. The van der Waals surface area contributed by atoms with Crippen LogP contribution in [0.4, 0.5) is 5.82 Å². The second-order valence-corrected chi connectivity index (χ2v) is 4.60. The zero-order valence-corrected chi connectivity index (χ0v) is 10.8. The molecule has 0 unspecified atom stereocenters. The second kappa shape index (κ2) is 6.51. The van der Waals surface area contributed by atoms with Gasteiger partial charge in [-0.2, -0.15) is 5.10 Å². The van der Waals surface area contributed by atoms with Gasteiger partial charge in [-0.3, -0.25) is 14.8 Å². The van der Waals surface area contributed by atoms with Crippen LogP contribution in [0.15, 0.2) is 6.07 Å². The third kappa shape index (κ3) is 3.82. The standard InChI is InChI=1S/C12H21N5O/c1-2-3-10-8-11(16-15-10)14-12(18)9-17-6-4-13-5-7-17/h8,13H,2-7,9H2,1H3,(H2,14,15,16,18). The number of hydrogen-bond acceptors (Lipinski definition) is 4. The summed E-state index contributed by atoms with van der Waals surface area (Å²) in [5.41, 5.74) is 1.06. The maximum atomic E-state index is 11.8. The van der Waals surface area contributed by atoms with Crippen LogP contribution < -0.4 is 10.6 Å². The summed E-state index contributed by atoms with van der Waals surface area (Å²) in [5.74, 6) is 0.630. The van der Waals surface area contributed by atoms with Gasteiger partial charge in [0.1, 0.15) is 0 Å². The van der Waals surface area contributed by atoms with E-state index in [1.54, 1.807) is 0 Å². The molecule has 0 aromatic carbocycles. The van der Waals surface area contributed by atoms with Crippen LogP contribution in [-0.4, -0.2) is 53.7 Å². The molecule has 1 aliphatic rings. The highest BCUT2D eigenvalue weighted by Gasteiger charge is 2.14. The van der Waals surface area contributed by atoms with Gasteiger partial charge in [-0.25, -0.2) is 0 Å². The lowest BCUT2D eigenvalue weighted by Gasteiger charge is -2.26. The molecule has 0 saturated carbocycles. The average Bonchev–Trinajstić information content (AvgIpc) is 2.78. The molecule has 18 heavy (non-hydrogen) atoms. The molecule has 0 bridgehead atoms. The summed E-state index contributed by atoms with van der Waals surface area (Å²) in [6.45, 7) is 6.32. The predicted octanol–water partition coefficient (Wildman–Crippen LogP) is 0.206. The van der Waals surface area contributed by atoms with Crippen molar-refractivity contribution >= 4 is 11.7 Å². The number of aromatic nitrogens is 2. The first-order chi connectivity index (χ1) is 8.78. The summed E-state index contributed by atoms with van der Waals surface area (Å²) in [4.78, 5) is 14.0. The van der Waals surface area contributed by atoms with Crippen LogP contribution in [0.5, 0.6) is 0 Å². The smallest absolute Gasteiger partial charge is 0.239 e. The third-order valence-corrected chi connectivity index (χ3v) is 2.99. The van der Waals surface area contributed by atoms with E-state index in [-0.39, 0.29) is 5.91 Å². The normalized spacial score (nSPS) is 16.7. The Labute approximate surface area is 107 Å². The minimum absolute atomic E-state index is 0.00597. The van der Waals surface area contributed by atoms with Gasteiger partial charge in [0.2, 0.25) is 5.91 Å². The highest BCUT2D eigenvalue weighted by molar-refractivity contribution is 5.91. The van der Waals surface area contributed by atoms with E-state index >= 15 is 0 Å². The van der Waals surface area contributed by atoms with Crippen molar-refractivity contribution in [1.82, 2.24) is 20.4 Å². The van der Waals surface area contributed by atoms with Crippen LogP contribution in [0.2, 0.25) is 0 Å². The second-order valence-electron chi connectivity index (χ2n) is 4.60. The van der Waals surface area contributed by atoms with Gasteiger partial charge < -0.3 is 10.6 Å². The number of aryl methyl sites for hydroxylation is 1. The minimum atomic E-state index is 0.00597. The minimum Gasteiger partial charge on any atom is -0.314 e. The Balaban J connectivity index is 1.78. The molecule has 6 nitrogen and oxygen atoms in total. The van der Waals surface area contributed by atoms with Crippen LogP contribution in [-0.2, 0) is 11.2 Å². The lowest BCUT2D eigenvalue weighted by Crippen LogP contribution is -2.46. The van der Waals surface area contributed by atoms with Crippen molar-refractivity contribution in [3.8, 4) is 0 Å². The summed E-state index contributed by atoms with van der Waals surface area (Å²) in [7, 11) is 0. The fraction of sp³-hybridized carbons (Fsp3) is 0.667. The molecule has 100 valence electrons. The summed E-state index contributed by atoms with van der Waals surface area (Å²) >= 11 is 0. The lowest BCUT2D eigenvalue weighted by molar-refractivity contribution is -0.117. The Hall–Kier alpha value is -1.40. The maximum Gasteiger partial charge on any atom is 0.239 e. The Bertz CT molecular complexity index is 384. The number of hydrogen-bond donors (Lipinski definition) is 3. The molecule has 6 heteroatoms.